The van der Waals surface area contributed by atoms with Gasteiger partial charge < -0.3 is 16.0 Å². The molecule has 8 heteroatoms. The van der Waals surface area contributed by atoms with E-state index in [4.69, 9.17) is 0 Å². The van der Waals surface area contributed by atoms with Crippen molar-refractivity contribution in [2.75, 3.05) is 11.9 Å². The van der Waals surface area contributed by atoms with E-state index in [0.29, 0.717) is 5.92 Å². The molecule has 3 heterocycles. The fourth-order valence-corrected chi connectivity index (χ4v) is 4.04. The average Bonchev–Trinajstić information content (AvgIpc) is 3.10. The first-order valence-electron chi connectivity index (χ1n) is 10.1. The molecular weight excluding hydrogens is 366 g/mol. The number of hydrazine groups is 1. The van der Waals surface area contributed by atoms with Crippen molar-refractivity contribution in [2.45, 2.75) is 44.7 Å². The summed E-state index contributed by atoms with van der Waals surface area (Å²) in [6, 6.07) is 14.0. The van der Waals surface area contributed by atoms with Gasteiger partial charge in [0.1, 0.15) is 0 Å². The predicted octanol–water partition coefficient (Wildman–Crippen LogP) is 1.60. The van der Waals surface area contributed by atoms with Crippen LogP contribution in [-0.4, -0.2) is 35.9 Å². The van der Waals surface area contributed by atoms with Crippen molar-refractivity contribution in [3.63, 3.8) is 0 Å². The molecule has 0 saturated carbocycles. The number of nitrogens with zero attached hydrogens (tertiary/aromatic N) is 1. The van der Waals surface area contributed by atoms with Gasteiger partial charge in [0.25, 0.3) is 0 Å². The van der Waals surface area contributed by atoms with Crippen LogP contribution < -0.4 is 32.1 Å². The van der Waals surface area contributed by atoms with Gasteiger partial charge in [0, 0.05) is 36.1 Å². The highest BCUT2D eigenvalue weighted by molar-refractivity contribution is 5.74. The number of urea groups is 1. The summed E-state index contributed by atoms with van der Waals surface area (Å²) in [4.78, 5) is 16.6. The van der Waals surface area contributed by atoms with E-state index >= 15 is 0 Å². The number of anilines is 1. The highest BCUT2D eigenvalue weighted by atomic mass is 16.2. The van der Waals surface area contributed by atoms with E-state index < -0.39 is 0 Å². The molecule has 0 spiro atoms. The lowest BCUT2D eigenvalue weighted by molar-refractivity contribution is 0.213. The van der Waals surface area contributed by atoms with Crippen molar-refractivity contribution in [1.82, 2.24) is 31.8 Å². The highest BCUT2D eigenvalue weighted by Gasteiger charge is 2.40. The molecule has 1 aromatic carbocycles. The lowest BCUT2D eigenvalue weighted by atomic mass is 9.91. The van der Waals surface area contributed by atoms with Crippen LogP contribution in [-0.2, 0) is 0 Å². The zero-order valence-corrected chi connectivity index (χ0v) is 16.8. The van der Waals surface area contributed by atoms with Crippen LogP contribution in [0.5, 0.6) is 0 Å². The molecular formula is C21H29N7O. The number of hydrogen-bond acceptors (Lipinski definition) is 6. The molecule has 0 radical (unpaired) electrons. The number of carbonyl (C=O) groups excluding carboxylic acids is 1. The van der Waals surface area contributed by atoms with E-state index in [9.17, 15) is 4.79 Å². The molecule has 154 valence electrons. The average molecular weight is 396 g/mol. The third-order valence-corrected chi connectivity index (χ3v) is 5.63. The quantitative estimate of drug-likeness (QED) is 0.460. The molecule has 4 rings (SSSR count). The number of aromatic nitrogens is 1. The fraction of sp³-hybridized carbons (Fsp3) is 0.429. The first-order chi connectivity index (χ1) is 14.1. The maximum atomic E-state index is 12.4. The second-order valence-electron chi connectivity index (χ2n) is 7.81. The molecule has 2 aliphatic heterocycles. The molecule has 5 atom stereocenters. The summed E-state index contributed by atoms with van der Waals surface area (Å²) in [5, 5.41) is 13.0. The SMILES string of the molecule is Cc1cc(NC2NNC3CC(NC(=O)N[C@H](C)c4ccccc4)NCC32)ccn1. The number of piperidine rings is 1. The summed E-state index contributed by atoms with van der Waals surface area (Å²) in [5.41, 5.74) is 9.84. The van der Waals surface area contributed by atoms with E-state index in [2.05, 4.69) is 37.1 Å². The van der Waals surface area contributed by atoms with Crippen LogP contribution in [0.3, 0.4) is 0 Å². The van der Waals surface area contributed by atoms with Crippen LogP contribution in [0.1, 0.15) is 30.6 Å². The van der Waals surface area contributed by atoms with E-state index in [-0.39, 0.29) is 30.4 Å². The van der Waals surface area contributed by atoms with Gasteiger partial charge in [0.05, 0.1) is 18.4 Å². The van der Waals surface area contributed by atoms with Gasteiger partial charge in [-0.2, -0.15) is 0 Å². The molecule has 29 heavy (non-hydrogen) atoms. The molecule has 2 saturated heterocycles. The summed E-state index contributed by atoms with van der Waals surface area (Å²) >= 11 is 0. The number of rotatable bonds is 5. The first-order valence-corrected chi connectivity index (χ1v) is 10.1. The molecule has 8 nitrogen and oxygen atoms in total. The lowest BCUT2D eigenvalue weighted by Gasteiger charge is -2.34. The van der Waals surface area contributed by atoms with Crippen LogP contribution in [0.2, 0.25) is 0 Å². The molecule has 2 aliphatic rings. The number of nitrogens with one attached hydrogen (secondary N) is 6. The van der Waals surface area contributed by atoms with Crippen molar-refractivity contribution >= 4 is 11.7 Å². The van der Waals surface area contributed by atoms with Crippen molar-refractivity contribution in [1.29, 1.82) is 0 Å². The number of amides is 2. The number of fused-ring (bicyclic) bond motifs is 1. The summed E-state index contributed by atoms with van der Waals surface area (Å²) in [5.74, 6) is 0.368. The second-order valence-corrected chi connectivity index (χ2v) is 7.81. The van der Waals surface area contributed by atoms with Crippen LogP contribution in [0.25, 0.3) is 0 Å². The Labute approximate surface area is 171 Å². The Morgan fingerprint density at radius 1 is 1.21 bits per heavy atom. The zero-order chi connectivity index (χ0) is 20.2. The van der Waals surface area contributed by atoms with Crippen molar-refractivity contribution < 1.29 is 4.79 Å². The van der Waals surface area contributed by atoms with E-state index in [1.54, 1.807) is 0 Å². The largest absolute Gasteiger partial charge is 0.368 e. The maximum absolute atomic E-state index is 12.4. The highest BCUT2D eigenvalue weighted by Crippen LogP contribution is 2.23. The number of pyridine rings is 1. The van der Waals surface area contributed by atoms with Gasteiger partial charge in [-0.1, -0.05) is 30.3 Å². The Hall–Kier alpha value is -2.68. The smallest absolute Gasteiger partial charge is 0.316 e. The van der Waals surface area contributed by atoms with Crippen LogP contribution in [0.4, 0.5) is 10.5 Å². The zero-order valence-electron chi connectivity index (χ0n) is 16.8. The van der Waals surface area contributed by atoms with Crippen LogP contribution in [0, 0.1) is 12.8 Å². The van der Waals surface area contributed by atoms with Gasteiger partial charge in [0.15, 0.2) is 0 Å². The van der Waals surface area contributed by atoms with Crippen LogP contribution in [0.15, 0.2) is 48.7 Å². The maximum Gasteiger partial charge on any atom is 0.316 e. The van der Waals surface area contributed by atoms with Crippen LogP contribution >= 0.6 is 0 Å². The molecule has 6 N–H and O–H groups in total. The van der Waals surface area contributed by atoms with Gasteiger partial charge in [-0.25, -0.2) is 10.2 Å². The Kier molecular flexibility index (Phi) is 5.94. The van der Waals surface area contributed by atoms with Gasteiger partial charge in [0.2, 0.25) is 0 Å². The number of benzene rings is 1. The molecule has 1 aromatic heterocycles. The third kappa shape index (κ3) is 4.84. The Balaban J connectivity index is 1.27. The standard InChI is InChI=1S/C21H29N7O/c1-13-10-16(8-9-22-13)25-20-17-12-23-19(11-18(17)27-28-20)26-21(29)24-14(2)15-6-4-3-5-7-15/h3-10,14,17-20,23,27-28H,11-12H2,1-2H3,(H,22,25)(H2,24,26,29)/t14-,17?,18?,19?,20?/m1/s1. The van der Waals surface area contributed by atoms with E-state index in [1.807, 2.05) is 62.5 Å². The van der Waals surface area contributed by atoms with Gasteiger partial charge in [-0.05, 0) is 38.0 Å². The summed E-state index contributed by atoms with van der Waals surface area (Å²) in [6.07, 6.45) is 2.65. The first kappa shape index (κ1) is 19.6. The topological polar surface area (TPSA) is 102 Å². The molecule has 2 amide bonds. The summed E-state index contributed by atoms with van der Waals surface area (Å²) in [7, 11) is 0. The summed E-state index contributed by atoms with van der Waals surface area (Å²) < 4.78 is 0. The molecule has 4 unspecified atom stereocenters. The summed E-state index contributed by atoms with van der Waals surface area (Å²) in [6.45, 7) is 4.76. The Morgan fingerprint density at radius 2 is 2.03 bits per heavy atom. The Morgan fingerprint density at radius 3 is 2.83 bits per heavy atom. The van der Waals surface area contributed by atoms with Gasteiger partial charge >= 0.3 is 6.03 Å². The van der Waals surface area contributed by atoms with Crippen molar-refractivity contribution in [3.05, 3.63) is 59.9 Å². The molecule has 2 aromatic rings. The lowest BCUT2D eigenvalue weighted by Crippen LogP contribution is -2.58. The number of carbonyl (C=O) groups is 1. The molecule has 0 aliphatic carbocycles. The third-order valence-electron chi connectivity index (χ3n) is 5.63. The number of aryl methyl sites for hydroxylation is 1. The molecule has 2 fully saturated rings. The normalized spacial score (nSPS) is 27.0. The molecule has 0 bridgehead atoms. The predicted molar refractivity (Wildman–Crippen MR) is 113 cm³/mol. The fourth-order valence-electron chi connectivity index (χ4n) is 4.04. The monoisotopic (exact) mass is 395 g/mol. The van der Waals surface area contributed by atoms with E-state index in [0.717, 1.165) is 29.9 Å². The minimum absolute atomic E-state index is 0.0452. The van der Waals surface area contributed by atoms with Gasteiger partial charge in [-0.15, -0.1) is 0 Å². The van der Waals surface area contributed by atoms with E-state index in [1.165, 1.54) is 0 Å². The number of hydrogen-bond donors (Lipinski definition) is 6. The minimum atomic E-state index is -0.162. The van der Waals surface area contributed by atoms with Crippen molar-refractivity contribution in [3.8, 4) is 0 Å². The minimum Gasteiger partial charge on any atom is -0.368 e. The van der Waals surface area contributed by atoms with Crippen molar-refractivity contribution in [2.24, 2.45) is 5.92 Å². The second kappa shape index (κ2) is 8.77. The Bertz CT molecular complexity index is 831. The van der Waals surface area contributed by atoms with Gasteiger partial charge in [-0.3, -0.25) is 15.7 Å².